The SMILES string of the molecule is CC1(C)C(=O)N(c2ccc(SC(F)(F)F)cc2)C(=O)N1C(c1ccnc2ccccc12)C1CCCCN1. The van der Waals surface area contributed by atoms with Crippen LogP contribution in [0, 0.1) is 0 Å². The van der Waals surface area contributed by atoms with Crippen molar-refractivity contribution in [1.29, 1.82) is 0 Å². The van der Waals surface area contributed by atoms with Gasteiger partial charge in [0.2, 0.25) is 0 Å². The van der Waals surface area contributed by atoms with Crippen LogP contribution >= 0.6 is 11.8 Å². The van der Waals surface area contributed by atoms with Crippen molar-refractivity contribution < 1.29 is 22.8 Å². The summed E-state index contributed by atoms with van der Waals surface area (Å²) in [4.78, 5) is 34.9. The lowest BCUT2D eigenvalue weighted by atomic mass is 9.87. The molecule has 194 valence electrons. The van der Waals surface area contributed by atoms with Crippen LogP contribution in [-0.4, -0.2) is 45.5 Å². The topological polar surface area (TPSA) is 65.5 Å². The van der Waals surface area contributed by atoms with Gasteiger partial charge in [-0.2, -0.15) is 13.2 Å². The molecule has 2 fully saturated rings. The van der Waals surface area contributed by atoms with Crippen LogP contribution < -0.4 is 10.2 Å². The highest BCUT2D eigenvalue weighted by molar-refractivity contribution is 8.00. The lowest BCUT2D eigenvalue weighted by Gasteiger charge is -2.42. The van der Waals surface area contributed by atoms with Gasteiger partial charge < -0.3 is 10.2 Å². The lowest BCUT2D eigenvalue weighted by Crippen LogP contribution is -2.53. The molecule has 1 aromatic heterocycles. The first-order chi connectivity index (χ1) is 17.6. The van der Waals surface area contributed by atoms with Crippen molar-refractivity contribution in [3.63, 3.8) is 0 Å². The highest BCUT2D eigenvalue weighted by atomic mass is 32.2. The molecule has 2 saturated heterocycles. The third-order valence-electron chi connectivity index (χ3n) is 7.06. The van der Waals surface area contributed by atoms with E-state index in [4.69, 9.17) is 0 Å². The van der Waals surface area contributed by atoms with Gasteiger partial charge in [-0.3, -0.25) is 9.78 Å². The summed E-state index contributed by atoms with van der Waals surface area (Å²) in [5.41, 5.74) is -3.67. The number of imide groups is 1. The first-order valence-corrected chi connectivity index (χ1v) is 13.0. The summed E-state index contributed by atoms with van der Waals surface area (Å²) in [6.45, 7) is 4.25. The fraction of sp³-hybridized carbons (Fsp3) is 0.370. The molecular formula is C27H27F3N4O2S. The van der Waals surface area contributed by atoms with E-state index in [-0.39, 0.29) is 28.4 Å². The highest BCUT2D eigenvalue weighted by Gasteiger charge is 2.56. The summed E-state index contributed by atoms with van der Waals surface area (Å²) >= 11 is -0.237. The summed E-state index contributed by atoms with van der Waals surface area (Å²) in [5, 5.41) is 4.47. The molecule has 5 rings (SSSR count). The number of alkyl halides is 3. The van der Waals surface area contributed by atoms with Crippen LogP contribution in [-0.2, 0) is 4.79 Å². The molecule has 2 aromatic carbocycles. The largest absolute Gasteiger partial charge is 0.446 e. The average Bonchev–Trinajstić information content (AvgIpc) is 3.04. The number of hydrogen-bond acceptors (Lipinski definition) is 5. The molecule has 37 heavy (non-hydrogen) atoms. The minimum absolute atomic E-state index is 0.0148. The monoisotopic (exact) mass is 528 g/mol. The number of carbonyl (C=O) groups is 2. The summed E-state index contributed by atoms with van der Waals surface area (Å²) in [7, 11) is 0. The second-order valence-electron chi connectivity index (χ2n) is 9.81. The predicted molar refractivity (Wildman–Crippen MR) is 137 cm³/mol. The van der Waals surface area contributed by atoms with E-state index >= 15 is 0 Å². The molecule has 0 aliphatic carbocycles. The van der Waals surface area contributed by atoms with Gasteiger partial charge in [0.1, 0.15) is 5.54 Å². The van der Waals surface area contributed by atoms with Crippen LogP contribution in [0.3, 0.4) is 0 Å². The fourth-order valence-electron chi connectivity index (χ4n) is 5.36. The third kappa shape index (κ3) is 4.80. The van der Waals surface area contributed by atoms with E-state index in [1.165, 1.54) is 24.3 Å². The van der Waals surface area contributed by atoms with Crippen LogP contribution in [0.15, 0.2) is 65.7 Å². The average molecular weight is 529 g/mol. The minimum Gasteiger partial charge on any atom is -0.312 e. The highest BCUT2D eigenvalue weighted by Crippen LogP contribution is 2.43. The normalized spacial score (nSPS) is 21.1. The Morgan fingerprint density at radius 2 is 1.78 bits per heavy atom. The molecule has 3 aromatic rings. The molecule has 0 spiro atoms. The number of aromatic nitrogens is 1. The molecule has 1 N–H and O–H groups in total. The van der Waals surface area contributed by atoms with E-state index in [1.807, 2.05) is 30.3 Å². The number of halogens is 3. The fourth-order valence-corrected chi connectivity index (χ4v) is 5.90. The molecule has 2 aliphatic heterocycles. The zero-order valence-electron chi connectivity index (χ0n) is 20.5. The number of amides is 3. The maximum absolute atomic E-state index is 14.0. The van der Waals surface area contributed by atoms with Gasteiger partial charge >= 0.3 is 11.5 Å². The van der Waals surface area contributed by atoms with E-state index in [2.05, 4.69) is 10.3 Å². The molecule has 0 saturated carbocycles. The molecule has 6 nitrogen and oxygen atoms in total. The summed E-state index contributed by atoms with van der Waals surface area (Å²) in [6.07, 6.45) is 4.58. The Kier molecular flexibility index (Phi) is 6.66. The van der Waals surface area contributed by atoms with Crippen molar-refractivity contribution in [2.75, 3.05) is 11.4 Å². The number of nitrogens with one attached hydrogen (secondary N) is 1. The Morgan fingerprint density at radius 1 is 1.05 bits per heavy atom. The quantitative estimate of drug-likeness (QED) is 0.312. The number of nitrogens with zero attached hydrogens (tertiary/aromatic N) is 3. The second kappa shape index (κ2) is 9.64. The van der Waals surface area contributed by atoms with Crippen molar-refractivity contribution in [1.82, 2.24) is 15.2 Å². The number of anilines is 1. The van der Waals surface area contributed by atoms with Gasteiger partial charge in [0, 0.05) is 22.5 Å². The maximum Gasteiger partial charge on any atom is 0.446 e. The van der Waals surface area contributed by atoms with Crippen molar-refractivity contribution in [3.8, 4) is 0 Å². The number of piperidine rings is 1. The van der Waals surface area contributed by atoms with Gasteiger partial charge in [-0.05, 0) is 87.0 Å². The molecule has 10 heteroatoms. The molecular weight excluding hydrogens is 501 g/mol. The van der Waals surface area contributed by atoms with Crippen LogP contribution in [0.5, 0.6) is 0 Å². The number of fused-ring (bicyclic) bond motifs is 1. The first-order valence-electron chi connectivity index (χ1n) is 12.2. The van der Waals surface area contributed by atoms with Gasteiger partial charge in [-0.15, -0.1) is 0 Å². The van der Waals surface area contributed by atoms with E-state index < -0.39 is 29.0 Å². The van der Waals surface area contributed by atoms with E-state index in [1.54, 1.807) is 24.9 Å². The van der Waals surface area contributed by atoms with Crippen molar-refractivity contribution in [3.05, 3.63) is 66.4 Å². The standard InChI is InChI=1S/C27H27F3N4O2S/c1-26(2)24(35)33(17-10-12-18(13-11-17)37-27(28,29)30)25(36)34(26)23(22-9-5-6-15-31-22)20-14-16-32-21-8-4-3-7-19(20)21/h3-4,7-8,10-14,16,22-23,31H,5-6,9,15H2,1-2H3. The Morgan fingerprint density at radius 3 is 2.46 bits per heavy atom. The molecule has 3 amide bonds. The van der Waals surface area contributed by atoms with Crippen molar-refractivity contribution >= 4 is 40.3 Å². The molecule has 2 unspecified atom stereocenters. The Labute approximate surface area is 217 Å². The number of urea groups is 1. The summed E-state index contributed by atoms with van der Waals surface area (Å²) in [6, 6.07) is 13.9. The third-order valence-corrected chi connectivity index (χ3v) is 7.80. The van der Waals surface area contributed by atoms with Gasteiger partial charge in [0.25, 0.3) is 5.91 Å². The number of para-hydroxylation sites is 1. The van der Waals surface area contributed by atoms with Crippen LogP contribution in [0.25, 0.3) is 10.9 Å². The van der Waals surface area contributed by atoms with Gasteiger partial charge in [0.15, 0.2) is 0 Å². The lowest BCUT2D eigenvalue weighted by molar-refractivity contribution is -0.124. The molecule has 0 bridgehead atoms. The van der Waals surface area contributed by atoms with Gasteiger partial charge in [0.05, 0.1) is 17.2 Å². The van der Waals surface area contributed by atoms with Gasteiger partial charge in [-0.25, -0.2) is 9.69 Å². The Hall–Kier alpha value is -3.11. The maximum atomic E-state index is 14.0. The zero-order valence-corrected chi connectivity index (χ0v) is 21.3. The van der Waals surface area contributed by atoms with Crippen LogP contribution in [0.2, 0.25) is 0 Å². The van der Waals surface area contributed by atoms with Crippen molar-refractivity contribution in [2.45, 2.75) is 61.1 Å². The summed E-state index contributed by atoms with van der Waals surface area (Å²) < 4.78 is 38.4. The number of benzene rings is 2. The van der Waals surface area contributed by atoms with Gasteiger partial charge in [-0.1, -0.05) is 24.6 Å². The number of rotatable bonds is 5. The molecule has 2 atom stereocenters. The smallest absolute Gasteiger partial charge is 0.312 e. The van der Waals surface area contributed by atoms with Crippen LogP contribution in [0.1, 0.15) is 44.7 Å². The number of hydrogen-bond donors (Lipinski definition) is 1. The van der Waals surface area contributed by atoms with E-state index in [9.17, 15) is 22.8 Å². The Balaban J connectivity index is 1.58. The molecule has 0 radical (unpaired) electrons. The summed E-state index contributed by atoms with van der Waals surface area (Å²) in [5.74, 6) is -0.423. The minimum atomic E-state index is -4.42. The molecule has 2 aliphatic rings. The number of thioether (sulfide) groups is 1. The number of pyridine rings is 1. The van der Waals surface area contributed by atoms with E-state index in [0.29, 0.717) is 0 Å². The predicted octanol–water partition coefficient (Wildman–Crippen LogP) is 6.28. The van der Waals surface area contributed by atoms with Crippen LogP contribution in [0.4, 0.5) is 23.7 Å². The molecule has 3 heterocycles. The van der Waals surface area contributed by atoms with Crippen molar-refractivity contribution in [2.24, 2.45) is 0 Å². The second-order valence-corrected chi connectivity index (χ2v) is 11.0. The number of carbonyl (C=O) groups excluding carboxylic acids is 2. The first kappa shape index (κ1) is 25.5. The van der Waals surface area contributed by atoms with E-state index in [0.717, 1.165) is 47.2 Å². The Bertz CT molecular complexity index is 1320. The zero-order chi connectivity index (χ0) is 26.4.